The standard InChI is InChI=1S/C9H13ClN2S/c1-4-7-6(3)11-9(13-5-2)12-8(7)10/h4-5H2,1-3H3. The molecule has 0 radical (unpaired) electrons. The second-order valence-electron chi connectivity index (χ2n) is 2.65. The number of hydrogen-bond donors (Lipinski definition) is 0. The van der Waals surface area contributed by atoms with E-state index in [0.29, 0.717) is 5.15 Å². The summed E-state index contributed by atoms with van der Waals surface area (Å²) in [5.41, 5.74) is 2.06. The molecule has 0 aliphatic carbocycles. The molecule has 0 aliphatic rings. The normalized spacial score (nSPS) is 10.5. The Balaban J connectivity index is 3.05. The van der Waals surface area contributed by atoms with Crippen LogP contribution in [0.15, 0.2) is 5.16 Å². The molecule has 0 saturated carbocycles. The monoisotopic (exact) mass is 216 g/mol. The average Bonchev–Trinajstić information content (AvgIpc) is 2.04. The zero-order chi connectivity index (χ0) is 9.84. The van der Waals surface area contributed by atoms with Gasteiger partial charge in [-0.25, -0.2) is 9.97 Å². The van der Waals surface area contributed by atoms with Crippen LogP contribution in [0.5, 0.6) is 0 Å². The number of hydrogen-bond acceptors (Lipinski definition) is 3. The minimum atomic E-state index is 0.603. The van der Waals surface area contributed by atoms with E-state index in [2.05, 4.69) is 23.8 Å². The summed E-state index contributed by atoms with van der Waals surface area (Å²) in [6, 6.07) is 0. The Hall–Kier alpha value is -0.280. The van der Waals surface area contributed by atoms with Crippen molar-refractivity contribution in [2.24, 2.45) is 0 Å². The number of halogens is 1. The molecule has 4 heteroatoms. The summed E-state index contributed by atoms with van der Waals surface area (Å²) in [6.07, 6.45) is 0.891. The van der Waals surface area contributed by atoms with Gasteiger partial charge in [-0.1, -0.05) is 37.2 Å². The molecule has 0 aromatic carbocycles. The third kappa shape index (κ3) is 2.58. The summed E-state index contributed by atoms with van der Waals surface area (Å²) in [7, 11) is 0. The van der Waals surface area contributed by atoms with Gasteiger partial charge in [-0.05, 0) is 19.1 Å². The highest BCUT2D eigenvalue weighted by Crippen LogP contribution is 2.21. The van der Waals surface area contributed by atoms with E-state index in [0.717, 1.165) is 28.6 Å². The van der Waals surface area contributed by atoms with Crippen molar-refractivity contribution in [3.05, 3.63) is 16.4 Å². The molecule has 0 aliphatic heterocycles. The van der Waals surface area contributed by atoms with Crippen LogP contribution in [0.4, 0.5) is 0 Å². The number of aryl methyl sites for hydroxylation is 1. The predicted molar refractivity (Wildman–Crippen MR) is 57.6 cm³/mol. The van der Waals surface area contributed by atoms with Gasteiger partial charge in [0.1, 0.15) is 5.15 Å². The predicted octanol–water partition coefficient (Wildman–Crippen LogP) is 3.11. The molecule has 1 aromatic rings. The molecule has 1 rings (SSSR count). The molecule has 0 bridgehead atoms. The van der Waals surface area contributed by atoms with Gasteiger partial charge in [0, 0.05) is 11.3 Å². The van der Waals surface area contributed by atoms with Gasteiger partial charge in [0.05, 0.1) is 0 Å². The topological polar surface area (TPSA) is 25.8 Å². The summed E-state index contributed by atoms with van der Waals surface area (Å²) in [5, 5.41) is 1.38. The average molecular weight is 217 g/mol. The van der Waals surface area contributed by atoms with Crippen molar-refractivity contribution in [2.45, 2.75) is 32.3 Å². The molecule has 0 amide bonds. The van der Waals surface area contributed by atoms with Crippen molar-refractivity contribution in [1.29, 1.82) is 0 Å². The van der Waals surface area contributed by atoms with Gasteiger partial charge >= 0.3 is 0 Å². The lowest BCUT2D eigenvalue weighted by Gasteiger charge is -2.05. The maximum atomic E-state index is 6.01. The van der Waals surface area contributed by atoms with Crippen LogP contribution in [0, 0.1) is 6.92 Å². The van der Waals surface area contributed by atoms with Crippen molar-refractivity contribution in [3.8, 4) is 0 Å². The Morgan fingerprint density at radius 2 is 2.00 bits per heavy atom. The van der Waals surface area contributed by atoms with Crippen LogP contribution < -0.4 is 0 Å². The van der Waals surface area contributed by atoms with Crippen molar-refractivity contribution in [1.82, 2.24) is 9.97 Å². The Morgan fingerprint density at radius 3 is 2.46 bits per heavy atom. The molecule has 1 heterocycles. The van der Waals surface area contributed by atoms with Gasteiger partial charge in [0.25, 0.3) is 0 Å². The van der Waals surface area contributed by atoms with Crippen LogP contribution >= 0.6 is 23.4 Å². The highest BCUT2D eigenvalue weighted by molar-refractivity contribution is 7.99. The third-order valence-corrected chi connectivity index (χ3v) is 2.81. The Bertz CT molecular complexity index is 279. The number of rotatable bonds is 3. The van der Waals surface area contributed by atoms with E-state index in [1.54, 1.807) is 11.8 Å². The van der Waals surface area contributed by atoms with E-state index in [1.807, 2.05) is 6.92 Å². The molecule has 13 heavy (non-hydrogen) atoms. The quantitative estimate of drug-likeness (QED) is 0.441. The highest BCUT2D eigenvalue weighted by atomic mass is 35.5. The van der Waals surface area contributed by atoms with E-state index in [-0.39, 0.29) is 0 Å². The van der Waals surface area contributed by atoms with Gasteiger partial charge in [-0.2, -0.15) is 0 Å². The Kier molecular flexibility index (Phi) is 4.00. The van der Waals surface area contributed by atoms with E-state index >= 15 is 0 Å². The molecule has 0 unspecified atom stereocenters. The first-order valence-corrected chi connectivity index (χ1v) is 5.71. The molecule has 0 N–H and O–H groups in total. The second-order valence-corrected chi connectivity index (χ2v) is 4.24. The van der Waals surface area contributed by atoms with Crippen LogP contribution in [-0.4, -0.2) is 15.7 Å². The lowest BCUT2D eigenvalue weighted by atomic mass is 10.2. The van der Waals surface area contributed by atoms with Crippen LogP contribution in [0.2, 0.25) is 5.15 Å². The van der Waals surface area contributed by atoms with E-state index in [9.17, 15) is 0 Å². The van der Waals surface area contributed by atoms with Gasteiger partial charge < -0.3 is 0 Å². The molecule has 0 spiro atoms. The fraction of sp³-hybridized carbons (Fsp3) is 0.556. The fourth-order valence-electron chi connectivity index (χ4n) is 1.13. The summed E-state index contributed by atoms with van der Waals surface area (Å²) in [5.74, 6) is 0.973. The van der Waals surface area contributed by atoms with Gasteiger partial charge in [0.15, 0.2) is 5.16 Å². The minimum Gasteiger partial charge on any atom is -0.228 e. The Morgan fingerprint density at radius 1 is 1.31 bits per heavy atom. The van der Waals surface area contributed by atoms with Crippen molar-refractivity contribution < 1.29 is 0 Å². The summed E-state index contributed by atoms with van der Waals surface area (Å²) in [6.45, 7) is 6.11. The lowest BCUT2D eigenvalue weighted by molar-refractivity contribution is 0.889. The summed E-state index contributed by atoms with van der Waals surface area (Å²) >= 11 is 7.62. The van der Waals surface area contributed by atoms with Crippen molar-refractivity contribution >= 4 is 23.4 Å². The molecule has 0 atom stereocenters. The van der Waals surface area contributed by atoms with Gasteiger partial charge in [0.2, 0.25) is 0 Å². The van der Waals surface area contributed by atoms with E-state index in [4.69, 9.17) is 11.6 Å². The fourth-order valence-corrected chi connectivity index (χ4v) is 2.15. The van der Waals surface area contributed by atoms with Gasteiger partial charge in [-0.15, -0.1) is 0 Å². The molecule has 1 aromatic heterocycles. The first-order chi connectivity index (χ1) is 6.19. The van der Waals surface area contributed by atoms with Crippen molar-refractivity contribution in [3.63, 3.8) is 0 Å². The summed E-state index contributed by atoms with van der Waals surface area (Å²) < 4.78 is 0. The Labute approximate surface area is 88.1 Å². The maximum Gasteiger partial charge on any atom is 0.189 e. The molecular formula is C9H13ClN2S. The smallest absolute Gasteiger partial charge is 0.189 e. The number of aromatic nitrogens is 2. The van der Waals surface area contributed by atoms with Crippen molar-refractivity contribution in [2.75, 3.05) is 5.75 Å². The molecule has 0 fully saturated rings. The van der Waals surface area contributed by atoms with Crippen LogP contribution in [0.3, 0.4) is 0 Å². The lowest BCUT2D eigenvalue weighted by Crippen LogP contribution is -1.98. The zero-order valence-electron chi connectivity index (χ0n) is 8.09. The SMILES string of the molecule is CCSc1nc(C)c(CC)c(Cl)n1. The molecule has 0 saturated heterocycles. The minimum absolute atomic E-state index is 0.603. The zero-order valence-corrected chi connectivity index (χ0v) is 9.67. The largest absolute Gasteiger partial charge is 0.228 e. The highest BCUT2D eigenvalue weighted by Gasteiger charge is 2.07. The van der Waals surface area contributed by atoms with E-state index in [1.165, 1.54) is 0 Å². The summed E-state index contributed by atoms with van der Waals surface area (Å²) in [4.78, 5) is 8.57. The van der Waals surface area contributed by atoms with E-state index < -0.39 is 0 Å². The third-order valence-electron chi connectivity index (χ3n) is 1.77. The second kappa shape index (κ2) is 4.82. The molecule has 2 nitrogen and oxygen atoms in total. The van der Waals surface area contributed by atoms with Crippen LogP contribution in [0.1, 0.15) is 25.1 Å². The molecule has 72 valence electrons. The number of thioether (sulfide) groups is 1. The first-order valence-electron chi connectivity index (χ1n) is 4.34. The number of nitrogens with zero attached hydrogens (tertiary/aromatic N) is 2. The van der Waals surface area contributed by atoms with Crippen LogP contribution in [0.25, 0.3) is 0 Å². The maximum absolute atomic E-state index is 6.01. The van der Waals surface area contributed by atoms with Gasteiger partial charge in [-0.3, -0.25) is 0 Å². The molecular weight excluding hydrogens is 204 g/mol. The first kappa shape index (κ1) is 10.8. The van der Waals surface area contributed by atoms with Crippen LogP contribution in [-0.2, 0) is 6.42 Å².